The Balaban J connectivity index is 0.00000288. The van der Waals surface area contributed by atoms with Crippen LogP contribution in [0.4, 0.5) is 0 Å². The molecule has 1 aromatic rings. The molecule has 0 saturated heterocycles. The second-order valence-electron chi connectivity index (χ2n) is 6.94. The maximum Gasteiger partial charge on any atom is 1.00 e. The van der Waals surface area contributed by atoms with Gasteiger partial charge in [0.15, 0.2) is 0 Å². The van der Waals surface area contributed by atoms with E-state index in [9.17, 15) is 14.7 Å². The minimum absolute atomic E-state index is 0. The Bertz CT molecular complexity index is 531. The summed E-state index contributed by atoms with van der Waals surface area (Å²) in [6.45, 7) is 4.46. The van der Waals surface area contributed by atoms with Gasteiger partial charge in [-0.15, -0.1) is 0 Å². The zero-order chi connectivity index (χ0) is 16.8. The fourth-order valence-corrected chi connectivity index (χ4v) is 3.39. The largest absolute Gasteiger partial charge is 1.00 e. The molecule has 1 atom stereocenters. The number of benzene rings is 1. The normalized spacial score (nSPS) is 20.8. The zero-order valence-corrected chi connectivity index (χ0v) is 19.3. The number of hydrogen-bond acceptors (Lipinski definition) is 2. The molecule has 0 aliphatic heterocycles. The molecule has 1 aliphatic carbocycles. The van der Waals surface area contributed by atoms with Gasteiger partial charge < -0.3 is 22.8 Å². The Labute approximate surface area is 199 Å². The van der Waals surface area contributed by atoms with E-state index in [-0.39, 0.29) is 75.6 Å². The molecule has 0 heterocycles. The third-order valence-electron chi connectivity index (χ3n) is 4.98. The zero-order valence-electron chi connectivity index (χ0n) is 15.4. The molecule has 0 spiro atoms. The molecule has 6 heteroatoms. The van der Waals surface area contributed by atoms with Crippen molar-refractivity contribution in [2.45, 2.75) is 52.0 Å². The summed E-state index contributed by atoms with van der Waals surface area (Å²) >= 11 is 0. The second-order valence-corrected chi connectivity index (χ2v) is 6.94. The van der Waals surface area contributed by atoms with Gasteiger partial charge in [0, 0.05) is 12.3 Å². The summed E-state index contributed by atoms with van der Waals surface area (Å²) in [7, 11) is 0. The first-order valence-electron chi connectivity index (χ1n) is 8.54. The molecule has 0 radical (unpaired) electrons. The first-order valence-corrected chi connectivity index (χ1v) is 8.54. The molecule has 134 valence electrons. The average Bonchev–Trinajstić information content (AvgIpc) is 2.55. The Morgan fingerprint density at radius 2 is 1.68 bits per heavy atom. The number of carbonyl (C=O) groups excluding carboxylic acids is 1. The molecule has 0 unspecified atom stereocenters. The SMILES string of the molecule is CC(C)C1CCC(C(=O)N[C@H](Cc2ccccc2)C(=O)O)CC1.[Cl-].[K+]. The van der Waals surface area contributed by atoms with Crippen molar-refractivity contribution in [3.63, 3.8) is 0 Å². The van der Waals surface area contributed by atoms with Gasteiger partial charge in [0.05, 0.1) is 0 Å². The minimum Gasteiger partial charge on any atom is -1.00 e. The number of carboxylic acid groups (broad SMARTS) is 1. The van der Waals surface area contributed by atoms with Crippen molar-refractivity contribution < 1.29 is 78.5 Å². The smallest absolute Gasteiger partial charge is 1.00 e. The van der Waals surface area contributed by atoms with Gasteiger partial charge in [0.1, 0.15) is 6.04 Å². The topological polar surface area (TPSA) is 66.4 Å². The van der Waals surface area contributed by atoms with E-state index in [2.05, 4.69) is 19.2 Å². The Kier molecular flexibility index (Phi) is 12.5. The maximum absolute atomic E-state index is 12.4. The Morgan fingerprint density at radius 1 is 1.12 bits per heavy atom. The van der Waals surface area contributed by atoms with E-state index in [1.807, 2.05) is 30.3 Å². The van der Waals surface area contributed by atoms with Gasteiger partial charge in [-0.2, -0.15) is 0 Å². The van der Waals surface area contributed by atoms with E-state index in [1.54, 1.807) is 0 Å². The molecule has 1 aromatic carbocycles. The van der Waals surface area contributed by atoms with Crippen LogP contribution in [0.25, 0.3) is 0 Å². The quantitative estimate of drug-likeness (QED) is 0.517. The van der Waals surface area contributed by atoms with Crippen molar-refractivity contribution in [2.24, 2.45) is 17.8 Å². The molecule has 1 fully saturated rings. The number of carboxylic acids is 1. The molecule has 2 N–H and O–H groups in total. The van der Waals surface area contributed by atoms with E-state index in [0.29, 0.717) is 18.3 Å². The number of halogens is 1. The molecule has 1 amide bonds. The van der Waals surface area contributed by atoms with Crippen LogP contribution < -0.4 is 69.1 Å². The van der Waals surface area contributed by atoms with Crippen LogP contribution in [0.3, 0.4) is 0 Å². The average molecular weight is 392 g/mol. The monoisotopic (exact) mass is 391 g/mol. The third-order valence-corrected chi connectivity index (χ3v) is 4.98. The fraction of sp³-hybridized carbons (Fsp3) is 0.579. The van der Waals surface area contributed by atoms with Gasteiger partial charge in [-0.3, -0.25) is 4.79 Å². The van der Waals surface area contributed by atoms with Crippen LogP contribution >= 0.6 is 0 Å². The standard InChI is InChI=1S/C19H27NO3.ClH.K/c1-13(2)15-8-10-16(11-9-15)18(21)20-17(19(22)23)12-14-6-4-3-5-7-14;;/h3-7,13,15-17H,8-12H2,1-2H3,(H,20,21)(H,22,23);1H;/q;;+1/p-1/t15?,16?,17-;;/m1../s1. The molecule has 0 bridgehead atoms. The van der Waals surface area contributed by atoms with Crippen LogP contribution in [0.15, 0.2) is 30.3 Å². The van der Waals surface area contributed by atoms with Crippen molar-refractivity contribution in [1.82, 2.24) is 5.32 Å². The summed E-state index contributed by atoms with van der Waals surface area (Å²) < 4.78 is 0. The van der Waals surface area contributed by atoms with E-state index < -0.39 is 12.0 Å². The van der Waals surface area contributed by atoms with Gasteiger partial charge in [-0.1, -0.05) is 44.2 Å². The number of rotatable bonds is 6. The summed E-state index contributed by atoms with van der Waals surface area (Å²) in [6, 6.07) is 8.57. The number of carbonyl (C=O) groups is 2. The number of aliphatic carboxylic acids is 1. The molecule has 25 heavy (non-hydrogen) atoms. The van der Waals surface area contributed by atoms with Crippen LogP contribution in [-0.2, 0) is 16.0 Å². The third kappa shape index (κ3) is 8.10. The van der Waals surface area contributed by atoms with E-state index >= 15 is 0 Å². The van der Waals surface area contributed by atoms with Crippen LogP contribution in [0.1, 0.15) is 45.1 Å². The van der Waals surface area contributed by atoms with Crippen molar-refractivity contribution in [1.29, 1.82) is 0 Å². The van der Waals surface area contributed by atoms with Gasteiger partial charge in [0.2, 0.25) is 5.91 Å². The second kappa shape index (κ2) is 12.5. The van der Waals surface area contributed by atoms with Gasteiger partial charge in [-0.25, -0.2) is 4.79 Å². The van der Waals surface area contributed by atoms with E-state index in [0.717, 1.165) is 31.2 Å². The van der Waals surface area contributed by atoms with Crippen molar-refractivity contribution in [2.75, 3.05) is 0 Å². The summed E-state index contributed by atoms with van der Waals surface area (Å²) in [4.78, 5) is 23.9. The van der Waals surface area contributed by atoms with E-state index in [4.69, 9.17) is 0 Å². The molecular formula is C19H27ClKNO3. The minimum atomic E-state index is -0.974. The summed E-state index contributed by atoms with van der Waals surface area (Å²) in [5.41, 5.74) is 0.920. The number of hydrogen-bond donors (Lipinski definition) is 2. The van der Waals surface area contributed by atoms with Gasteiger partial charge in [0.25, 0.3) is 0 Å². The molecule has 4 nitrogen and oxygen atoms in total. The van der Waals surface area contributed by atoms with Crippen LogP contribution in [0, 0.1) is 17.8 Å². The summed E-state index contributed by atoms with van der Waals surface area (Å²) in [5.74, 6) is 0.235. The molecular weight excluding hydrogens is 365 g/mol. The fourth-order valence-electron chi connectivity index (χ4n) is 3.39. The van der Waals surface area contributed by atoms with Gasteiger partial charge >= 0.3 is 57.4 Å². The summed E-state index contributed by atoms with van der Waals surface area (Å²) in [6.07, 6.45) is 4.18. The van der Waals surface area contributed by atoms with E-state index in [1.165, 1.54) is 0 Å². The predicted molar refractivity (Wildman–Crippen MR) is 90.0 cm³/mol. The van der Waals surface area contributed by atoms with Crippen molar-refractivity contribution in [3.8, 4) is 0 Å². The maximum atomic E-state index is 12.4. The van der Waals surface area contributed by atoms with Crippen molar-refractivity contribution >= 4 is 11.9 Å². The van der Waals surface area contributed by atoms with Crippen LogP contribution in [-0.4, -0.2) is 23.0 Å². The van der Waals surface area contributed by atoms with Crippen LogP contribution in [0.5, 0.6) is 0 Å². The van der Waals surface area contributed by atoms with Crippen LogP contribution in [0.2, 0.25) is 0 Å². The Morgan fingerprint density at radius 3 is 2.16 bits per heavy atom. The number of amides is 1. The molecule has 2 rings (SSSR count). The molecule has 1 aliphatic rings. The summed E-state index contributed by atoms with van der Waals surface area (Å²) in [5, 5.41) is 12.1. The molecule has 0 aromatic heterocycles. The first-order chi connectivity index (χ1) is 11.0. The molecule has 1 saturated carbocycles. The van der Waals surface area contributed by atoms with Gasteiger partial charge in [-0.05, 0) is 43.1 Å². The van der Waals surface area contributed by atoms with Crippen molar-refractivity contribution in [3.05, 3.63) is 35.9 Å². The number of nitrogens with one attached hydrogen (secondary N) is 1. The first kappa shape index (κ1) is 25.1. The Hall–Kier alpha value is 0.0864. The predicted octanol–water partition coefficient (Wildman–Crippen LogP) is -2.73.